The molecule has 3 aromatic rings. The molecule has 1 aromatic heterocycles. The minimum atomic E-state index is -4.51. The highest BCUT2D eigenvalue weighted by atomic mass is 19.4. The van der Waals surface area contributed by atoms with Gasteiger partial charge < -0.3 is 4.57 Å². The molecule has 35 heavy (non-hydrogen) atoms. The molecule has 0 radical (unpaired) electrons. The minimum absolute atomic E-state index is 0.0330. The van der Waals surface area contributed by atoms with Gasteiger partial charge in [0.2, 0.25) is 0 Å². The molecule has 2 aliphatic heterocycles. The fourth-order valence-corrected chi connectivity index (χ4v) is 3.89. The lowest BCUT2D eigenvalue weighted by atomic mass is 10.0. The van der Waals surface area contributed by atoms with Crippen molar-refractivity contribution in [3.63, 3.8) is 0 Å². The van der Waals surface area contributed by atoms with Gasteiger partial charge in [-0.1, -0.05) is 23.8 Å². The first-order valence-electron chi connectivity index (χ1n) is 10.6. The molecule has 0 bridgehead atoms. The number of aryl methyl sites for hydroxylation is 1. The summed E-state index contributed by atoms with van der Waals surface area (Å²) in [6, 6.07) is 14.6. The van der Waals surface area contributed by atoms with Crippen molar-refractivity contribution in [3.8, 4) is 33.8 Å². The molecule has 5 rings (SSSR count). The molecule has 0 amide bonds. The van der Waals surface area contributed by atoms with Gasteiger partial charge in [-0.2, -0.15) is 23.4 Å². The smallest absolute Gasteiger partial charge is 0.346 e. The van der Waals surface area contributed by atoms with Crippen molar-refractivity contribution < 1.29 is 22.0 Å². The number of rotatable bonds is 4. The van der Waals surface area contributed by atoms with Gasteiger partial charge in [0.25, 0.3) is 0 Å². The predicted molar refractivity (Wildman–Crippen MR) is 121 cm³/mol. The SMILES string of the molecule is Cc1ccc(-c2ccc(Cn3ccc4cc(-c5cccc(F)c5F)nc-4c3)nn2)c(C(F)(F)F)c1. The molecule has 0 saturated heterocycles. The fourth-order valence-electron chi connectivity index (χ4n) is 3.89. The van der Waals surface area contributed by atoms with E-state index < -0.39 is 23.4 Å². The zero-order valence-corrected chi connectivity index (χ0v) is 18.3. The summed E-state index contributed by atoms with van der Waals surface area (Å²) >= 11 is 0. The van der Waals surface area contributed by atoms with Gasteiger partial charge in [-0.05, 0) is 49.4 Å². The topological polar surface area (TPSA) is 43.6 Å². The highest BCUT2D eigenvalue weighted by Crippen LogP contribution is 2.37. The first kappa shape index (κ1) is 22.6. The van der Waals surface area contributed by atoms with Crippen molar-refractivity contribution in [1.82, 2.24) is 19.7 Å². The van der Waals surface area contributed by atoms with Crippen LogP contribution in [0.15, 0.2) is 73.1 Å². The van der Waals surface area contributed by atoms with Crippen molar-refractivity contribution >= 4 is 0 Å². The van der Waals surface area contributed by atoms with Gasteiger partial charge in [0, 0.05) is 29.1 Å². The Morgan fingerprint density at radius 1 is 0.829 bits per heavy atom. The minimum Gasteiger partial charge on any atom is -0.346 e. The van der Waals surface area contributed by atoms with E-state index in [2.05, 4.69) is 15.2 Å². The summed E-state index contributed by atoms with van der Waals surface area (Å²) in [6.07, 6.45) is -1.01. The molecule has 0 saturated carbocycles. The Balaban J connectivity index is 1.41. The molecule has 3 heterocycles. The van der Waals surface area contributed by atoms with E-state index in [0.29, 0.717) is 29.2 Å². The molecule has 176 valence electrons. The summed E-state index contributed by atoms with van der Waals surface area (Å²) in [5.41, 5.74) is 2.08. The zero-order valence-electron chi connectivity index (χ0n) is 18.3. The molecule has 0 fully saturated rings. The molecule has 0 spiro atoms. The molecule has 2 aliphatic rings. The van der Waals surface area contributed by atoms with E-state index in [4.69, 9.17) is 0 Å². The van der Waals surface area contributed by atoms with Crippen LogP contribution in [0.1, 0.15) is 16.8 Å². The van der Waals surface area contributed by atoms with Gasteiger partial charge in [-0.25, -0.2) is 13.8 Å². The van der Waals surface area contributed by atoms with Gasteiger partial charge >= 0.3 is 6.18 Å². The van der Waals surface area contributed by atoms with E-state index in [1.165, 1.54) is 24.3 Å². The summed E-state index contributed by atoms with van der Waals surface area (Å²) in [6.45, 7) is 1.89. The lowest BCUT2D eigenvalue weighted by molar-refractivity contribution is -0.137. The van der Waals surface area contributed by atoms with E-state index in [9.17, 15) is 22.0 Å². The largest absolute Gasteiger partial charge is 0.417 e. The Bertz CT molecular complexity index is 1490. The van der Waals surface area contributed by atoms with E-state index in [0.717, 1.165) is 17.7 Å². The molecular weight excluding hydrogens is 463 g/mol. The molecule has 2 aromatic carbocycles. The molecule has 9 heteroatoms. The third-order valence-electron chi connectivity index (χ3n) is 5.61. The number of hydrogen-bond donors (Lipinski definition) is 0. The second-order valence-corrected chi connectivity index (χ2v) is 8.16. The Labute approximate surface area is 197 Å². The van der Waals surface area contributed by atoms with Crippen LogP contribution in [0.3, 0.4) is 0 Å². The third kappa shape index (κ3) is 4.49. The van der Waals surface area contributed by atoms with Crippen LogP contribution in [0.25, 0.3) is 33.8 Å². The maximum absolute atomic E-state index is 14.1. The van der Waals surface area contributed by atoms with E-state index in [1.54, 1.807) is 48.1 Å². The maximum atomic E-state index is 14.1. The van der Waals surface area contributed by atoms with Crippen molar-refractivity contribution in [2.24, 2.45) is 0 Å². The van der Waals surface area contributed by atoms with Crippen LogP contribution in [0.5, 0.6) is 0 Å². The number of pyridine rings is 1. The Hall–Kier alpha value is -4.14. The van der Waals surface area contributed by atoms with Gasteiger partial charge in [0.05, 0.1) is 34.9 Å². The molecular formula is C26H17F5N4. The summed E-state index contributed by atoms with van der Waals surface area (Å²) < 4.78 is 69.9. The van der Waals surface area contributed by atoms with E-state index in [1.807, 2.05) is 0 Å². The van der Waals surface area contributed by atoms with Crippen molar-refractivity contribution in [3.05, 3.63) is 102 Å². The summed E-state index contributed by atoms with van der Waals surface area (Å²) in [5, 5.41) is 8.12. The maximum Gasteiger partial charge on any atom is 0.417 e. The number of alkyl halides is 3. The molecule has 0 atom stereocenters. The van der Waals surface area contributed by atoms with Crippen molar-refractivity contribution in [1.29, 1.82) is 0 Å². The number of benzene rings is 2. The second-order valence-electron chi connectivity index (χ2n) is 8.16. The van der Waals surface area contributed by atoms with E-state index >= 15 is 0 Å². The lowest BCUT2D eigenvalue weighted by Crippen LogP contribution is -2.09. The monoisotopic (exact) mass is 480 g/mol. The van der Waals surface area contributed by atoms with Crippen LogP contribution in [-0.2, 0) is 12.7 Å². The average molecular weight is 480 g/mol. The quantitative estimate of drug-likeness (QED) is 0.267. The Morgan fingerprint density at radius 3 is 2.40 bits per heavy atom. The number of halogens is 5. The van der Waals surface area contributed by atoms with Gasteiger partial charge in [0.15, 0.2) is 11.6 Å². The van der Waals surface area contributed by atoms with Crippen LogP contribution in [0.4, 0.5) is 22.0 Å². The van der Waals surface area contributed by atoms with Crippen LogP contribution < -0.4 is 0 Å². The van der Waals surface area contributed by atoms with Crippen LogP contribution in [0, 0.1) is 18.6 Å². The summed E-state index contributed by atoms with van der Waals surface area (Å²) in [7, 11) is 0. The zero-order chi connectivity index (χ0) is 24.7. The van der Waals surface area contributed by atoms with Crippen molar-refractivity contribution in [2.45, 2.75) is 19.6 Å². The van der Waals surface area contributed by atoms with Crippen LogP contribution >= 0.6 is 0 Å². The first-order valence-corrected chi connectivity index (χ1v) is 10.6. The van der Waals surface area contributed by atoms with Gasteiger partial charge in [-0.15, -0.1) is 0 Å². The molecule has 4 nitrogen and oxygen atoms in total. The Morgan fingerprint density at radius 2 is 1.66 bits per heavy atom. The standard InChI is InChI=1S/C26H17F5N4/c1-15-5-7-18(20(11-15)26(29,30)31)22-8-6-17(33-34-22)13-35-10-9-16-12-23(32-24(16)14-35)19-3-2-4-21(27)25(19)28/h2-12,14H,13H2,1H3. The average Bonchev–Trinajstić information content (AvgIpc) is 3.24. The van der Waals surface area contributed by atoms with Crippen LogP contribution in [0.2, 0.25) is 0 Å². The number of fused-ring (bicyclic) bond motifs is 1. The third-order valence-corrected chi connectivity index (χ3v) is 5.61. The van der Waals surface area contributed by atoms with Gasteiger partial charge in [0.1, 0.15) is 0 Å². The van der Waals surface area contributed by atoms with Gasteiger partial charge in [-0.3, -0.25) is 0 Å². The number of aromatic nitrogens is 4. The summed E-state index contributed by atoms with van der Waals surface area (Å²) in [4.78, 5) is 4.41. The molecule has 0 unspecified atom stereocenters. The molecule has 0 aliphatic carbocycles. The highest BCUT2D eigenvalue weighted by Gasteiger charge is 2.34. The normalized spacial score (nSPS) is 11.8. The van der Waals surface area contributed by atoms with Crippen LogP contribution in [-0.4, -0.2) is 19.7 Å². The lowest BCUT2D eigenvalue weighted by Gasteiger charge is -2.13. The molecule has 0 N–H and O–H groups in total. The predicted octanol–water partition coefficient (Wildman–Crippen LogP) is 6.77. The first-order chi connectivity index (χ1) is 16.7. The highest BCUT2D eigenvalue weighted by molar-refractivity contribution is 5.73. The fraction of sp³-hybridized carbons (Fsp3) is 0.115. The second kappa shape index (κ2) is 8.57. The number of nitrogens with zero attached hydrogens (tertiary/aromatic N) is 4. The Kier molecular flexibility index (Phi) is 5.55. The summed E-state index contributed by atoms with van der Waals surface area (Å²) in [5.74, 6) is -1.90. The van der Waals surface area contributed by atoms with Crippen molar-refractivity contribution in [2.75, 3.05) is 0 Å². The van der Waals surface area contributed by atoms with E-state index in [-0.39, 0.29) is 16.8 Å². The number of hydrogen-bond acceptors (Lipinski definition) is 3.